The van der Waals surface area contributed by atoms with Crippen molar-refractivity contribution in [3.63, 3.8) is 0 Å². The van der Waals surface area contributed by atoms with Gasteiger partial charge >= 0.3 is 0 Å². The number of ether oxygens (including phenoxy) is 4. The highest BCUT2D eigenvalue weighted by molar-refractivity contribution is 7.80. The number of fused-ring (bicyclic) bond motifs is 2. The van der Waals surface area contributed by atoms with Crippen LogP contribution in [0.1, 0.15) is 16.7 Å². The maximum atomic E-state index is 13.0. The van der Waals surface area contributed by atoms with Crippen LogP contribution in [0, 0.1) is 0 Å². The van der Waals surface area contributed by atoms with Crippen molar-refractivity contribution in [2.24, 2.45) is 0 Å². The standard InChI is InChI=1S/C29H29N3O5S/c1-34-24-9-8-19(12-25(24)35-2)10-11-30-29(38)32(16-20-6-4-3-5-7-20)17-22-13-21-14-26-27(37-18-36-26)15-23(21)31-28(22)33/h3-9,12-15H,10-11,16-18H2,1-2H3,(H,30,38)(H,31,33). The second-order valence-corrected chi connectivity index (χ2v) is 9.32. The molecule has 2 heterocycles. The highest BCUT2D eigenvalue weighted by atomic mass is 32.1. The fourth-order valence-electron chi connectivity index (χ4n) is 4.43. The quantitative estimate of drug-likeness (QED) is 0.308. The topological polar surface area (TPSA) is 85.1 Å². The molecule has 1 aromatic heterocycles. The van der Waals surface area contributed by atoms with E-state index in [1.54, 1.807) is 20.3 Å². The summed E-state index contributed by atoms with van der Waals surface area (Å²) in [4.78, 5) is 18.0. The molecule has 0 unspecified atom stereocenters. The van der Waals surface area contributed by atoms with Gasteiger partial charge < -0.3 is 34.1 Å². The Morgan fingerprint density at radius 2 is 1.71 bits per heavy atom. The molecule has 1 aliphatic rings. The Morgan fingerprint density at radius 3 is 2.47 bits per heavy atom. The van der Waals surface area contributed by atoms with Gasteiger partial charge in [0.1, 0.15) is 0 Å². The van der Waals surface area contributed by atoms with E-state index < -0.39 is 0 Å². The first-order chi connectivity index (χ1) is 18.5. The van der Waals surface area contributed by atoms with E-state index in [0.717, 1.165) is 22.9 Å². The van der Waals surface area contributed by atoms with E-state index in [0.29, 0.717) is 58.8 Å². The molecule has 38 heavy (non-hydrogen) atoms. The van der Waals surface area contributed by atoms with Crippen LogP contribution in [0.15, 0.2) is 71.5 Å². The van der Waals surface area contributed by atoms with E-state index in [1.807, 2.05) is 65.6 Å². The predicted octanol–water partition coefficient (Wildman–Crippen LogP) is 4.39. The average molecular weight is 532 g/mol. The summed E-state index contributed by atoms with van der Waals surface area (Å²) in [5.74, 6) is 2.69. The van der Waals surface area contributed by atoms with Gasteiger partial charge in [-0.3, -0.25) is 4.79 Å². The number of hydrogen-bond acceptors (Lipinski definition) is 6. The lowest BCUT2D eigenvalue weighted by atomic mass is 10.1. The maximum Gasteiger partial charge on any atom is 0.253 e. The van der Waals surface area contributed by atoms with E-state index in [-0.39, 0.29) is 12.4 Å². The van der Waals surface area contributed by atoms with E-state index in [2.05, 4.69) is 10.3 Å². The summed E-state index contributed by atoms with van der Waals surface area (Å²) in [6.07, 6.45) is 0.739. The summed E-state index contributed by atoms with van der Waals surface area (Å²) >= 11 is 5.80. The first-order valence-corrected chi connectivity index (χ1v) is 12.7. The Labute approximate surface area is 226 Å². The Morgan fingerprint density at radius 1 is 0.947 bits per heavy atom. The van der Waals surface area contributed by atoms with Crippen molar-refractivity contribution in [1.29, 1.82) is 0 Å². The van der Waals surface area contributed by atoms with E-state index in [1.165, 1.54) is 0 Å². The van der Waals surface area contributed by atoms with E-state index >= 15 is 0 Å². The number of benzene rings is 3. The molecule has 0 radical (unpaired) electrons. The number of aromatic amines is 1. The average Bonchev–Trinajstić information content (AvgIpc) is 3.39. The Bertz CT molecular complexity index is 1510. The highest BCUT2D eigenvalue weighted by Gasteiger charge is 2.18. The summed E-state index contributed by atoms with van der Waals surface area (Å²) in [6, 6.07) is 21.5. The van der Waals surface area contributed by atoms with Crippen LogP contribution in [0.3, 0.4) is 0 Å². The molecule has 0 saturated heterocycles. The molecule has 0 aliphatic carbocycles. The minimum absolute atomic E-state index is 0.164. The summed E-state index contributed by atoms with van der Waals surface area (Å²) in [6.45, 7) is 1.70. The smallest absolute Gasteiger partial charge is 0.253 e. The minimum Gasteiger partial charge on any atom is -0.493 e. The number of methoxy groups -OCH3 is 2. The van der Waals surface area contributed by atoms with Crippen molar-refractivity contribution < 1.29 is 18.9 Å². The number of pyridine rings is 1. The molecule has 0 fully saturated rings. The summed E-state index contributed by atoms with van der Waals surface area (Å²) in [7, 11) is 3.24. The van der Waals surface area contributed by atoms with Crippen LogP contribution >= 0.6 is 12.2 Å². The minimum atomic E-state index is -0.164. The van der Waals surface area contributed by atoms with E-state index in [9.17, 15) is 4.79 Å². The largest absolute Gasteiger partial charge is 0.493 e. The monoisotopic (exact) mass is 531 g/mol. The molecular formula is C29H29N3O5S. The van der Waals surface area contributed by atoms with Gasteiger partial charge in [-0.15, -0.1) is 0 Å². The third kappa shape index (κ3) is 5.68. The number of H-pyrrole nitrogens is 1. The normalized spacial score (nSPS) is 11.8. The molecule has 0 amide bonds. The van der Waals surface area contributed by atoms with Crippen molar-refractivity contribution >= 4 is 28.2 Å². The van der Waals surface area contributed by atoms with Crippen LogP contribution in [0.4, 0.5) is 0 Å². The van der Waals surface area contributed by atoms with Crippen LogP contribution in [0.25, 0.3) is 10.9 Å². The third-order valence-corrected chi connectivity index (χ3v) is 6.82. The van der Waals surface area contributed by atoms with Gasteiger partial charge in [0.25, 0.3) is 5.56 Å². The van der Waals surface area contributed by atoms with Crippen LogP contribution in [0.2, 0.25) is 0 Å². The molecule has 1 aliphatic heterocycles. The zero-order chi connectivity index (χ0) is 26.5. The molecule has 5 rings (SSSR count). The molecule has 2 N–H and O–H groups in total. The number of nitrogens with zero attached hydrogens (tertiary/aromatic N) is 1. The van der Waals surface area contributed by atoms with Crippen molar-refractivity contribution in [1.82, 2.24) is 15.2 Å². The molecule has 0 saturated carbocycles. The summed E-state index contributed by atoms with van der Waals surface area (Å²) in [5.41, 5.74) is 3.33. The number of nitrogens with one attached hydrogen (secondary N) is 2. The molecule has 9 heteroatoms. The van der Waals surface area contributed by atoms with Crippen LogP contribution < -0.4 is 29.8 Å². The van der Waals surface area contributed by atoms with Crippen LogP contribution in [0.5, 0.6) is 23.0 Å². The molecule has 4 aromatic rings. The first kappa shape index (κ1) is 25.4. The fraction of sp³-hybridized carbons (Fsp3) is 0.241. The number of aromatic nitrogens is 1. The summed E-state index contributed by atoms with van der Waals surface area (Å²) in [5, 5.41) is 4.81. The molecule has 0 atom stereocenters. The molecule has 8 nitrogen and oxygen atoms in total. The van der Waals surface area contributed by atoms with Crippen molar-refractivity contribution in [2.75, 3.05) is 27.6 Å². The lowest BCUT2D eigenvalue weighted by molar-refractivity contribution is 0.174. The predicted molar refractivity (Wildman–Crippen MR) is 150 cm³/mol. The van der Waals surface area contributed by atoms with Crippen molar-refractivity contribution in [3.8, 4) is 23.0 Å². The zero-order valence-corrected chi connectivity index (χ0v) is 22.1. The number of rotatable bonds is 9. The maximum absolute atomic E-state index is 13.0. The second kappa shape index (κ2) is 11.4. The molecule has 3 aromatic carbocycles. The van der Waals surface area contributed by atoms with Crippen LogP contribution in [-0.4, -0.2) is 42.6 Å². The molecule has 196 valence electrons. The van der Waals surface area contributed by atoms with Gasteiger partial charge in [-0.25, -0.2) is 0 Å². The van der Waals surface area contributed by atoms with Gasteiger partial charge in [-0.2, -0.15) is 0 Å². The van der Waals surface area contributed by atoms with Gasteiger partial charge in [0, 0.05) is 30.1 Å². The lowest BCUT2D eigenvalue weighted by Crippen LogP contribution is -2.40. The van der Waals surface area contributed by atoms with Crippen molar-refractivity contribution in [2.45, 2.75) is 19.5 Å². The lowest BCUT2D eigenvalue weighted by Gasteiger charge is -2.26. The number of hydrogen-bond donors (Lipinski definition) is 2. The molecule has 0 spiro atoms. The second-order valence-electron chi connectivity index (χ2n) is 8.93. The third-order valence-electron chi connectivity index (χ3n) is 6.42. The van der Waals surface area contributed by atoms with Crippen LogP contribution in [-0.2, 0) is 19.5 Å². The first-order valence-electron chi connectivity index (χ1n) is 12.3. The van der Waals surface area contributed by atoms with Gasteiger partial charge in [0.15, 0.2) is 28.1 Å². The van der Waals surface area contributed by atoms with Gasteiger partial charge in [-0.1, -0.05) is 36.4 Å². The van der Waals surface area contributed by atoms with E-state index in [4.69, 9.17) is 31.2 Å². The van der Waals surface area contributed by atoms with Crippen molar-refractivity contribution in [3.05, 3.63) is 93.8 Å². The zero-order valence-electron chi connectivity index (χ0n) is 21.3. The Balaban J connectivity index is 1.33. The molecular weight excluding hydrogens is 502 g/mol. The molecule has 0 bridgehead atoms. The SMILES string of the molecule is COc1ccc(CCNC(=S)N(Cc2ccccc2)Cc2cc3cc4c(cc3[nH]c2=O)OCO4)cc1OC. The van der Waals surface area contributed by atoms with Gasteiger partial charge in [-0.05, 0) is 54.0 Å². The highest BCUT2D eigenvalue weighted by Crippen LogP contribution is 2.35. The van der Waals surface area contributed by atoms with Gasteiger partial charge in [0.2, 0.25) is 6.79 Å². The Hall–Kier alpha value is -4.24. The fourth-order valence-corrected chi connectivity index (χ4v) is 4.66. The summed E-state index contributed by atoms with van der Waals surface area (Å²) < 4.78 is 21.7. The number of thiocarbonyl (C=S) groups is 1. The Kier molecular flexibility index (Phi) is 7.65. The van der Waals surface area contributed by atoms with Gasteiger partial charge in [0.05, 0.1) is 26.3 Å².